The van der Waals surface area contributed by atoms with Gasteiger partial charge in [0.15, 0.2) is 5.75 Å². The minimum Gasteiger partial charge on any atom is -0.488 e. The van der Waals surface area contributed by atoms with E-state index >= 15 is 0 Å². The molecule has 0 aliphatic heterocycles. The van der Waals surface area contributed by atoms with Gasteiger partial charge >= 0.3 is 0 Å². The summed E-state index contributed by atoms with van der Waals surface area (Å²) in [7, 11) is 0. The third-order valence-corrected chi connectivity index (χ3v) is 2.94. The summed E-state index contributed by atoms with van der Waals surface area (Å²) in [6, 6.07) is 15.4. The number of hydrogen-bond acceptors (Lipinski definition) is 3. The second-order valence-electron chi connectivity index (χ2n) is 4.36. The highest BCUT2D eigenvalue weighted by Crippen LogP contribution is 2.05. The van der Waals surface area contributed by atoms with Crippen molar-refractivity contribution >= 4 is 0 Å². The van der Waals surface area contributed by atoms with Crippen LogP contribution in [0.1, 0.15) is 12.0 Å². The van der Waals surface area contributed by atoms with Gasteiger partial charge in [-0.3, -0.25) is 4.79 Å². The van der Waals surface area contributed by atoms with Gasteiger partial charge < -0.3 is 9.30 Å². The number of benzene rings is 1. The maximum atomic E-state index is 12.0. The highest BCUT2D eigenvalue weighted by molar-refractivity contribution is 5.18. The molecule has 0 radical (unpaired) electrons. The van der Waals surface area contributed by atoms with Gasteiger partial charge in [0.05, 0.1) is 19.1 Å². The number of nitrogens with zero attached hydrogens (tertiary/aromatic N) is 2. The number of rotatable bonds is 6. The molecule has 0 aliphatic rings. The zero-order valence-electron chi connectivity index (χ0n) is 11.2. The van der Waals surface area contributed by atoms with Gasteiger partial charge in [0.2, 0.25) is 0 Å². The molecule has 1 aromatic heterocycles. The minimum atomic E-state index is -0.184. The van der Waals surface area contributed by atoms with E-state index in [4.69, 9.17) is 10.00 Å². The van der Waals surface area contributed by atoms with Crippen molar-refractivity contribution in [2.45, 2.75) is 19.4 Å². The Morgan fingerprint density at radius 2 is 1.95 bits per heavy atom. The normalized spacial score (nSPS) is 9.95. The molecule has 0 fully saturated rings. The summed E-state index contributed by atoms with van der Waals surface area (Å²) in [6.07, 6.45) is 2.74. The maximum absolute atomic E-state index is 12.0. The predicted molar refractivity (Wildman–Crippen MR) is 76.6 cm³/mol. The fraction of sp³-hybridized carbons (Fsp3) is 0.250. The van der Waals surface area contributed by atoms with Gasteiger partial charge in [-0.05, 0) is 17.7 Å². The Labute approximate surface area is 117 Å². The number of aromatic nitrogens is 1. The summed E-state index contributed by atoms with van der Waals surface area (Å²) >= 11 is 0. The third-order valence-electron chi connectivity index (χ3n) is 2.94. The summed E-state index contributed by atoms with van der Waals surface area (Å²) in [6.45, 7) is 0.854. The Kier molecular flexibility index (Phi) is 4.96. The molecule has 0 bridgehead atoms. The van der Waals surface area contributed by atoms with Gasteiger partial charge in [-0.2, -0.15) is 5.26 Å². The molecule has 0 saturated carbocycles. The van der Waals surface area contributed by atoms with E-state index in [0.29, 0.717) is 25.3 Å². The largest absolute Gasteiger partial charge is 0.488 e. The third kappa shape index (κ3) is 3.72. The van der Waals surface area contributed by atoms with E-state index in [1.165, 1.54) is 10.1 Å². The van der Waals surface area contributed by atoms with E-state index in [1.807, 2.05) is 36.4 Å². The van der Waals surface area contributed by atoms with Crippen LogP contribution < -0.4 is 10.3 Å². The van der Waals surface area contributed by atoms with Crippen LogP contribution in [0.4, 0.5) is 0 Å². The molecule has 0 N–H and O–H groups in total. The van der Waals surface area contributed by atoms with E-state index in [-0.39, 0.29) is 5.56 Å². The van der Waals surface area contributed by atoms with E-state index < -0.39 is 0 Å². The first-order valence-corrected chi connectivity index (χ1v) is 6.54. The molecule has 2 rings (SSSR count). The Hall–Kier alpha value is -2.54. The summed E-state index contributed by atoms with van der Waals surface area (Å²) in [5.41, 5.74) is 0.990. The summed E-state index contributed by atoms with van der Waals surface area (Å²) in [5, 5.41) is 8.56. The van der Waals surface area contributed by atoms with Gasteiger partial charge in [0.25, 0.3) is 5.56 Å². The van der Waals surface area contributed by atoms with Crippen LogP contribution in [0, 0.1) is 11.3 Å². The zero-order valence-corrected chi connectivity index (χ0v) is 11.2. The van der Waals surface area contributed by atoms with Gasteiger partial charge in [0, 0.05) is 19.2 Å². The SMILES string of the molecule is N#CCCn1cccc(OCCc2ccccc2)c1=O. The topological polar surface area (TPSA) is 55.0 Å². The molecule has 0 saturated heterocycles. The fourth-order valence-corrected chi connectivity index (χ4v) is 1.89. The molecule has 0 amide bonds. The zero-order chi connectivity index (χ0) is 14.2. The molecule has 20 heavy (non-hydrogen) atoms. The summed E-state index contributed by atoms with van der Waals surface area (Å²) in [5.74, 6) is 0.335. The lowest BCUT2D eigenvalue weighted by Gasteiger charge is -2.08. The van der Waals surface area contributed by atoms with Gasteiger partial charge in [-0.15, -0.1) is 0 Å². The first-order valence-electron chi connectivity index (χ1n) is 6.54. The maximum Gasteiger partial charge on any atom is 0.292 e. The molecule has 1 heterocycles. The highest BCUT2D eigenvalue weighted by atomic mass is 16.5. The number of hydrogen-bond donors (Lipinski definition) is 0. The summed E-state index contributed by atoms with van der Waals surface area (Å²) in [4.78, 5) is 12.0. The molecular weight excluding hydrogens is 252 g/mol. The van der Waals surface area contributed by atoms with Crippen molar-refractivity contribution < 1.29 is 4.74 Å². The van der Waals surface area contributed by atoms with Crippen LogP contribution in [0.25, 0.3) is 0 Å². The van der Waals surface area contributed by atoms with E-state index in [0.717, 1.165) is 6.42 Å². The minimum absolute atomic E-state index is 0.184. The van der Waals surface area contributed by atoms with Gasteiger partial charge in [0.1, 0.15) is 0 Å². The van der Waals surface area contributed by atoms with Crippen LogP contribution in [-0.2, 0) is 13.0 Å². The number of ether oxygens (including phenoxy) is 1. The quantitative estimate of drug-likeness (QED) is 0.808. The smallest absolute Gasteiger partial charge is 0.292 e. The Bertz CT molecular complexity index is 642. The fourth-order valence-electron chi connectivity index (χ4n) is 1.89. The molecule has 1 aromatic carbocycles. The van der Waals surface area contributed by atoms with Gasteiger partial charge in [-0.1, -0.05) is 30.3 Å². The molecule has 0 spiro atoms. The second-order valence-corrected chi connectivity index (χ2v) is 4.36. The molecule has 0 atom stereocenters. The Morgan fingerprint density at radius 1 is 1.15 bits per heavy atom. The van der Waals surface area contributed by atoms with E-state index in [9.17, 15) is 4.79 Å². The molecule has 4 nitrogen and oxygen atoms in total. The van der Waals surface area contributed by atoms with E-state index in [1.54, 1.807) is 18.3 Å². The monoisotopic (exact) mass is 268 g/mol. The van der Waals surface area contributed by atoms with Crippen molar-refractivity contribution in [3.8, 4) is 11.8 Å². The number of pyridine rings is 1. The molecule has 102 valence electrons. The van der Waals surface area contributed by atoms with Crippen LogP contribution in [0.15, 0.2) is 53.5 Å². The predicted octanol–water partition coefficient (Wildman–Crippen LogP) is 2.38. The Balaban J connectivity index is 1.96. The van der Waals surface area contributed by atoms with Crippen molar-refractivity contribution in [2.24, 2.45) is 0 Å². The van der Waals surface area contributed by atoms with Gasteiger partial charge in [-0.25, -0.2) is 0 Å². The first-order chi connectivity index (χ1) is 9.81. The molecule has 2 aromatic rings. The average molecular weight is 268 g/mol. The number of aryl methyl sites for hydroxylation is 1. The highest BCUT2D eigenvalue weighted by Gasteiger charge is 2.04. The van der Waals surface area contributed by atoms with Crippen LogP contribution in [-0.4, -0.2) is 11.2 Å². The lowest BCUT2D eigenvalue weighted by molar-refractivity contribution is 0.314. The van der Waals surface area contributed by atoms with Crippen molar-refractivity contribution in [1.82, 2.24) is 4.57 Å². The number of nitriles is 1. The van der Waals surface area contributed by atoms with Crippen molar-refractivity contribution in [2.75, 3.05) is 6.61 Å². The van der Waals surface area contributed by atoms with E-state index in [2.05, 4.69) is 0 Å². The molecule has 4 heteroatoms. The molecule has 0 unspecified atom stereocenters. The van der Waals surface area contributed by atoms with Crippen molar-refractivity contribution in [1.29, 1.82) is 5.26 Å². The van der Waals surface area contributed by atoms with Crippen molar-refractivity contribution in [3.05, 3.63) is 64.6 Å². The average Bonchev–Trinajstić information content (AvgIpc) is 2.49. The summed E-state index contributed by atoms with van der Waals surface area (Å²) < 4.78 is 7.05. The van der Waals surface area contributed by atoms with Crippen LogP contribution >= 0.6 is 0 Å². The van der Waals surface area contributed by atoms with Crippen molar-refractivity contribution in [3.63, 3.8) is 0 Å². The lowest BCUT2D eigenvalue weighted by Crippen LogP contribution is -2.21. The standard InChI is InChI=1S/C16H16N2O2/c17-10-5-12-18-11-4-8-15(16(18)19)20-13-9-14-6-2-1-3-7-14/h1-4,6-8,11H,5,9,12-13H2. The van der Waals surface area contributed by atoms with Crippen LogP contribution in [0.3, 0.4) is 0 Å². The molecular formula is C16H16N2O2. The lowest BCUT2D eigenvalue weighted by atomic mass is 10.2. The Morgan fingerprint density at radius 3 is 2.70 bits per heavy atom. The first kappa shape index (κ1) is 13.9. The van der Waals surface area contributed by atoms with Crippen LogP contribution in [0.2, 0.25) is 0 Å². The van der Waals surface area contributed by atoms with Crippen LogP contribution in [0.5, 0.6) is 5.75 Å². The second kappa shape index (κ2) is 7.15. The molecule has 0 aliphatic carbocycles.